The van der Waals surface area contributed by atoms with E-state index in [0.717, 1.165) is 31.6 Å². The van der Waals surface area contributed by atoms with Crippen LogP contribution in [0, 0.1) is 0 Å². The van der Waals surface area contributed by atoms with Gasteiger partial charge in [-0.15, -0.1) is 0 Å². The Bertz CT molecular complexity index is 727. The van der Waals surface area contributed by atoms with Crippen molar-refractivity contribution in [3.8, 4) is 5.75 Å². The van der Waals surface area contributed by atoms with Crippen LogP contribution in [0.25, 0.3) is 0 Å². The average Bonchev–Trinajstić information content (AvgIpc) is 2.64. The van der Waals surface area contributed by atoms with Crippen LogP contribution in [0.1, 0.15) is 42.5 Å². The number of amides is 1. The molecule has 0 radical (unpaired) electrons. The molecule has 26 heavy (non-hydrogen) atoms. The number of carbonyl (C=O) groups excluding carboxylic acids is 1. The summed E-state index contributed by atoms with van der Waals surface area (Å²) >= 11 is 0. The molecule has 0 spiro atoms. The zero-order valence-electron chi connectivity index (χ0n) is 15.7. The first-order valence-corrected chi connectivity index (χ1v) is 9.43. The van der Waals surface area contributed by atoms with Gasteiger partial charge in [-0.1, -0.05) is 36.4 Å². The van der Waals surface area contributed by atoms with Gasteiger partial charge in [-0.25, -0.2) is 0 Å². The number of ether oxygens (including phenoxy) is 1. The number of nitrogens with one attached hydrogen (secondary N) is 1. The van der Waals surface area contributed by atoms with Gasteiger partial charge in [-0.2, -0.15) is 0 Å². The molecule has 1 N–H and O–H groups in total. The third-order valence-corrected chi connectivity index (χ3v) is 4.81. The maximum Gasteiger partial charge on any atom is 0.234 e. The molecule has 0 bridgehead atoms. The molecule has 1 amide bonds. The number of aryl methyl sites for hydroxylation is 1. The van der Waals surface area contributed by atoms with Crippen molar-refractivity contribution in [1.29, 1.82) is 0 Å². The number of hydrogen-bond acceptors (Lipinski definition) is 3. The summed E-state index contributed by atoms with van der Waals surface area (Å²) in [5.74, 6) is 0.966. The Hall–Kier alpha value is -2.33. The quantitative estimate of drug-likeness (QED) is 0.826. The van der Waals surface area contributed by atoms with Gasteiger partial charge in [0.1, 0.15) is 5.75 Å². The van der Waals surface area contributed by atoms with E-state index in [-0.39, 0.29) is 11.9 Å². The molecule has 3 rings (SSSR count). The SMILES string of the molecule is CCOc1ccc(CN(C)CC(=O)NC2CCCc3ccccc32)cc1. The molecule has 0 saturated heterocycles. The summed E-state index contributed by atoms with van der Waals surface area (Å²) in [5.41, 5.74) is 3.82. The van der Waals surface area contributed by atoms with Crippen molar-refractivity contribution < 1.29 is 9.53 Å². The normalized spacial score (nSPS) is 16.2. The van der Waals surface area contributed by atoms with Crippen molar-refractivity contribution in [3.63, 3.8) is 0 Å². The zero-order chi connectivity index (χ0) is 18.4. The molecule has 0 aliphatic heterocycles. The number of nitrogens with zero attached hydrogens (tertiary/aromatic N) is 1. The minimum atomic E-state index is 0.0835. The molecule has 2 aromatic carbocycles. The van der Waals surface area contributed by atoms with Crippen LogP contribution in [0.15, 0.2) is 48.5 Å². The molecule has 4 nitrogen and oxygen atoms in total. The number of rotatable bonds is 7. The second-order valence-corrected chi connectivity index (χ2v) is 6.96. The Balaban J connectivity index is 1.52. The third-order valence-electron chi connectivity index (χ3n) is 4.81. The highest BCUT2D eigenvalue weighted by Crippen LogP contribution is 2.29. The van der Waals surface area contributed by atoms with Crippen LogP contribution in [0.2, 0.25) is 0 Å². The summed E-state index contributed by atoms with van der Waals surface area (Å²) in [6.45, 7) is 3.78. The van der Waals surface area contributed by atoms with Gasteiger partial charge in [0.25, 0.3) is 0 Å². The van der Waals surface area contributed by atoms with Crippen LogP contribution >= 0.6 is 0 Å². The predicted molar refractivity (Wildman–Crippen MR) is 104 cm³/mol. The van der Waals surface area contributed by atoms with Crippen LogP contribution < -0.4 is 10.1 Å². The van der Waals surface area contributed by atoms with E-state index in [1.807, 2.05) is 31.0 Å². The Morgan fingerprint density at radius 2 is 1.96 bits per heavy atom. The summed E-state index contributed by atoms with van der Waals surface area (Å²) < 4.78 is 5.47. The second kappa shape index (κ2) is 8.86. The standard InChI is InChI=1S/C22H28N2O2/c1-3-26-19-13-11-17(12-14-19)15-24(2)16-22(25)23-21-10-6-8-18-7-4-5-9-20(18)21/h4-5,7,9,11-14,21H,3,6,8,10,15-16H2,1-2H3,(H,23,25). The van der Waals surface area contributed by atoms with Gasteiger partial charge >= 0.3 is 0 Å². The first kappa shape index (κ1) is 18.5. The molecule has 0 saturated carbocycles. The summed E-state index contributed by atoms with van der Waals surface area (Å²) in [6, 6.07) is 16.7. The molecular formula is C22H28N2O2. The highest BCUT2D eigenvalue weighted by Gasteiger charge is 2.21. The number of hydrogen-bond donors (Lipinski definition) is 1. The van der Waals surface area contributed by atoms with E-state index in [9.17, 15) is 4.79 Å². The summed E-state index contributed by atoms with van der Waals surface area (Å²) in [5, 5.41) is 3.22. The first-order chi connectivity index (χ1) is 12.7. The Morgan fingerprint density at radius 1 is 1.19 bits per heavy atom. The smallest absolute Gasteiger partial charge is 0.234 e. The van der Waals surface area contributed by atoms with Crippen molar-refractivity contribution in [2.75, 3.05) is 20.2 Å². The van der Waals surface area contributed by atoms with E-state index in [4.69, 9.17) is 4.74 Å². The first-order valence-electron chi connectivity index (χ1n) is 9.43. The molecule has 1 aliphatic rings. The minimum absolute atomic E-state index is 0.0835. The van der Waals surface area contributed by atoms with E-state index < -0.39 is 0 Å². The summed E-state index contributed by atoms with van der Waals surface area (Å²) in [4.78, 5) is 14.5. The number of carbonyl (C=O) groups is 1. The van der Waals surface area contributed by atoms with Crippen LogP contribution in [0.4, 0.5) is 0 Å². The van der Waals surface area contributed by atoms with Gasteiger partial charge in [-0.05, 0) is 62.1 Å². The lowest BCUT2D eigenvalue weighted by atomic mass is 9.88. The molecule has 0 heterocycles. The molecule has 0 aromatic heterocycles. The lowest BCUT2D eigenvalue weighted by Crippen LogP contribution is -2.38. The predicted octanol–water partition coefficient (Wildman–Crippen LogP) is 3.71. The van der Waals surface area contributed by atoms with E-state index in [1.165, 1.54) is 16.7 Å². The van der Waals surface area contributed by atoms with Crippen molar-refractivity contribution in [2.45, 2.75) is 38.8 Å². The third kappa shape index (κ3) is 4.85. The second-order valence-electron chi connectivity index (χ2n) is 6.96. The Morgan fingerprint density at radius 3 is 2.73 bits per heavy atom. The fourth-order valence-electron chi connectivity index (χ4n) is 3.61. The fraction of sp³-hybridized carbons (Fsp3) is 0.409. The number of fused-ring (bicyclic) bond motifs is 1. The molecule has 138 valence electrons. The fourth-order valence-corrected chi connectivity index (χ4v) is 3.61. The zero-order valence-corrected chi connectivity index (χ0v) is 15.7. The molecule has 1 aliphatic carbocycles. The summed E-state index contributed by atoms with van der Waals surface area (Å²) in [6.07, 6.45) is 3.26. The van der Waals surface area contributed by atoms with E-state index in [1.54, 1.807) is 0 Å². The van der Waals surface area contributed by atoms with Crippen LogP contribution in [-0.2, 0) is 17.8 Å². The van der Waals surface area contributed by atoms with Gasteiger partial charge in [0.05, 0.1) is 19.2 Å². The van der Waals surface area contributed by atoms with Gasteiger partial charge in [-0.3, -0.25) is 9.69 Å². The van der Waals surface area contributed by atoms with Gasteiger partial charge in [0.15, 0.2) is 0 Å². The Labute approximate surface area is 156 Å². The van der Waals surface area contributed by atoms with Crippen molar-refractivity contribution in [3.05, 3.63) is 65.2 Å². The molecule has 0 fully saturated rings. The topological polar surface area (TPSA) is 41.6 Å². The minimum Gasteiger partial charge on any atom is -0.494 e. The molecular weight excluding hydrogens is 324 g/mol. The highest BCUT2D eigenvalue weighted by atomic mass is 16.5. The number of benzene rings is 2. The maximum atomic E-state index is 12.5. The largest absolute Gasteiger partial charge is 0.494 e. The lowest BCUT2D eigenvalue weighted by molar-refractivity contribution is -0.122. The van der Waals surface area contributed by atoms with E-state index in [0.29, 0.717) is 13.2 Å². The average molecular weight is 352 g/mol. The lowest BCUT2D eigenvalue weighted by Gasteiger charge is -2.27. The van der Waals surface area contributed by atoms with Crippen LogP contribution in [-0.4, -0.2) is 31.0 Å². The monoisotopic (exact) mass is 352 g/mol. The van der Waals surface area contributed by atoms with Gasteiger partial charge in [0.2, 0.25) is 5.91 Å². The van der Waals surface area contributed by atoms with E-state index in [2.05, 4.69) is 41.7 Å². The molecule has 4 heteroatoms. The van der Waals surface area contributed by atoms with Crippen LogP contribution in [0.5, 0.6) is 5.75 Å². The van der Waals surface area contributed by atoms with Gasteiger partial charge in [0, 0.05) is 6.54 Å². The highest BCUT2D eigenvalue weighted by molar-refractivity contribution is 5.78. The van der Waals surface area contributed by atoms with Crippen molar-refractivity contribution in [2.24, 2.45) is 0 Å². The number of likely N-dealkylation sites (N-methyl/N-ethyl adjacent to an activating group) is 1. The van der Waals surface area contributed by atoms with Crippen molar-refractivity contribution >= 4 is 5.91 Å². The maximum absolute atomic E-state index is 12.5. The Kier molecular flexibility index (Phi) is 6.29. The molecule has 1 unspecified atom stereocenters. The summed E-state index contributed by atoms with van der Waals surface area (Å²) in [7, 11) is 1.98. The van der Waals surface area contributed by atoms with E-state index >= 15 is 0 Å². The van der Waals surface area contributed by atoms with Gasteiger partial charge < -0.3 is 10.1 Å². The van der Waals surface area contributed by atoms with Crippen molar-refractivity contribution in [1.82, 2.24) is 10.2 Å². The molecule has 1 atom stereocenters. The van der Waals surface area contributed by atoms with Crippen LogP contribution in [0.3, 0.4) is 0 Å². The molecule has 2 aromatic rings.